The van der Waals surface area contributed by atoms with E-state index in [0.29, 0.717) is 23.6 Å². The summed E-state index contributed by atoms with van der Waals surface area (Å²) in [5.74, 6) is -4.20. The van der Waals surface area contributed by atoms with Crippen molar-refractivity contribution in [2.75, 3.05) is 26.4 Å². The van der Waals surface area contributed by atoms with E-state index >= 15 is 0 Å². The van der Waals surface area contributed by atoms with Crippen LogP contribution in [0.2, 0.25) is 0 Å². The number of para-hydroxylation sites is 1. The van der Waals surface area contributed by atoms with Gasteiger partial charge >= 0.3 is 11.9 Å². The number of phenolic OH excluding ortho intramolecular Hbond substituents is 1. The quantitative estimate of drug-likeness (QED) is 0.190. The third-order valence-electron chi connectivity index (χ3n) is 6.95. The van der Waals surface area contributed by atoms with Crippen LogP contribution >= 0.6 is 0 Å². The number of nitro groups is 1. The number of hydrogen-bond donors (Lipinski definition) is 2. The summed E-state index contributed by atoms with van der Waals surface area (Å²) in [6.07, 6.45) is 1.40. The first-order valence-electron chi connectivity index (χ1n) is 13.2. The van der Waals surface area contributed by atoms with E-state index in [-0.39, 0.29) is 48.4 Å². The molecule has 3 atom stereocenters. The molecule has 12 heteroatoms. The van der Waals surface area contributed by atoms with Crippen LogP contribution in [0, 0.1) is 16.0 Å². The zero-order valence-corrected chi connectivity index (χ0v) is 22.7. The van der Waals surface area contributed by atoms with E-state index in [1.165, 1.54) is 30.3 Å². The fourth-order valence-electron chi connectivity index (χ4n) is 4.99. The normalized spacial score (nSPS) is 20.2. The van der Waals surface area contributed by atoms with Crippen molar-refractivity contribution in [1.29, 1.82) is 0 Å². The van der Waals surface area contributed by atoms with Gasteiger partial charge in [0.05, 0.1) is 28.7 Å². The minimum Gasteiger partial charge on any atom is -0.507 e. The summed E-state index contributed by atoms with van der Waals surface area (Å²) in [7, 11) is 0. The molecular formula is C29H31N3O9. The van der Waals surface area contributed by atoms with Crippen molar-refractivity contribution in [1.82, 2.24) is 5.32 Å². The lowest BCUT2D eigenvalue weighted by atomic mass is 9.75. The minimum absolute atomic E-state index is 0.0335. The predicted octanol–water partition coefficient (Wildman–Crippen LogP) is 3.44. The third kappa shape index (κ3) is 6.95. The lowest BCUT2D eigenvalue weighted by molar-refractivity contribution is -0.384. The molecule has 2 aromatic carbocycles. The average Bonchev–Trinajstić information content (AvgIpc) is 3.47. The van der Waals surface area contributed by atoms with Crippen LogP contribution in [0.15, 0.2) is 64.8 Å². The van der Waals surface area contributed by atoms with Crippen LogP contribution in [0.1, 0.15) is 48.5 Å². The number of phenols is 1. The molecule has 1 fully saturated rings. The lowest BCUT2D eigenvalue weighted by Gasteiger charge is -2.31. The molecule has 41 heavy (non-hydrogen) atoms. The molecule has 4 rings (SSSR count). The number of nitrogens with one attached hydrogen (secondary N) is 1. The fourth-order valence-corrected chi connectivity index (χ4v) is 4.99. The number of carbonyl (C=O) groups is 3. The zero-order chi connectivity index (χ0) is 29.5. The zero-order valence-electron chi connectivity index (χ0n) is 22.7. The number of aromatic hydroxyl groups is 1. The van der Waals surface area contributed by atoms with Gasteiger partial charge in [0.2, 0.25) is 0 Å². The number of nitrogens with zero attached hydrogens (tertiary/aromatic N) is 2. The van der Waals surface area contributed by atoms with Crippen LogP contribution in [-0.4, -0.2) is 66.1 Å². The molecule has 1 amide bonds. The molecule has 0 saturated carbocycles. The molecule has 2 aromatic rings. The molecule has 0 radical (unpaired) electrons. The van der Waals surface area contributed by atoms with Crippen molar-refractivity contribution in [3.8, 4) is 5.75 Å². The first kappa shape index (κ1) is 29.4. The van der Waals surface area contributed by atoms with E-state index in [2.05, 4.69) is 10.3 Å². The van der Waals surface area contributed by atoms with Crippen molar-refractivity contribution in [3.05, 3.63) is 81.0 Å². The first-order valence-corrected chi connectivity index (χ1v) is 13.2. The van der Waals surface area contributed by atoms with Gasteiger partial charge in [-0.1, -0.05) is 24.3 Å². The highest BCUT2D eigenvalue weighted by atomic mass is 16.6. The number of allylic oxidation sites excluding steroid dienone is 1. The molecule has 0 aromatic heterocycles. The number of esters is 2. The fraction of sp³-hybridized carbons (Fsp3) is 0.379. The molecule has 0 spiro atoms. The second-order valence-corrected chi connectivity index (χ2v) is 9.73. The van der Waals surface area contributed by atoms with Gasteiger partial charge in [0.1, 0.15) is 24.9 Å². The third-order valence-corrected chi connectivity index (χ3v) is 6.95. The molecule has 1 saturated heterocycles. The Morgan fingerprint density at radius 2 is 1.93 bits per heavy atom. The number of amides is 1. The maximum absolute atomic E-state index is 13.4. The highest BCUT2D eigenvalue weighted by Gasteiger charge is 2.43. The molecule has 2 heterocycles. The van der Waals surface area contributed by atoms with Crippen molar-refractivity contribution < 1.29 is 38.6 Å². The van der Waals surface area contributed by atoms with Crippen LogP contribution in [0.4, 0.5) is 5.69 Å². The second-order valence-electron chi connectivity index (χ2n) is 9.73. The molecule has 2 aliphatic heterocycles. The van der Waals surface area contributed by atoms with Gasteiger partial charge in [0.25, 0.3) is 11.6 Å². The van der Waals surface area contributed by atoms with Crippen LogP contribution in [-0.2, 0) is 23.8 Å². The van der Waals surface area contributed by atoms with Gasteiger partial charge in [-0.05, 0) is 44.4 Å². The molecule has 216 valence electrons. The highest BCUT2D eigenvalue weighted by Crippen LogP contribution is 2.41. The van der Waals surface area contributed by atoms with Gasteiger partial charge in [-0.25, -0.2) is 4.79 Å². The van der Waals surface area contributed by atoms with E-state index in [1.54, 1.807) is 32.0 Å². The number of rotatable bonds is 10. The summed E-state index contributed by atoms with van der Waals surface area (Å²) < 4.78 is 16.6. The van der Waals surface area contributed by atoms with Crippen LogP contribution in [0.25, 0.3) is 0 Å². The van der Waals surface area contributed by atoms with E-state index in [9.17, 15) is 29.6 Å². The van der Waals surface area contributed by atoms with Crippen LogP contribution in [0.5, 0.6) is 5.75 Å². The van der Waals surface area contributed by atoms with E-state index in [4.69, 9.17) is 14.2 Å². The Kier molecular flexibility index (Phi) is 9.45. The lowest BCUT2D eigenvalue weighted by Crippen LogP contribution is -2.38. The molecule has 3 unspecified atom stereocenters. The Bertz CT molecular complexity index is 1400. The summed E-state index contributed by atoms with van der Waals surface area (Å²) in [5.41, 5.74) is 1.02. The Labute approximate surface area is 236 Å². The van der Waals surface area contributed by atoms with Crippen molar-refractivity contribution in [2.24, 2.45) is 10.9 Å². The summed E-state index contributed by atoms with van der Waals surface area (Å²) in [5, 5.41) is 23.9. The van der Waals surface area contributed by atoms with Crippen LogP contribution < -0.4 is 5.32 Å². The Hall–Kier alpha value is -4.58. The van der Waals surface area contributed by atoms with Gasteiger partial charge in [0, 0.05) is 36.1 Å². The van der Waals surface area contributed by atoms with Crippen LogP contribution in [0.3, 0.4) is 0 Å². The highest BCUT2D eigenvalue weighted by molar-refractivity contribution is 6.07. The van der Waals surface area contributed by atoms with Crippen molar-refractivity contribution in [3.63, 3.8) is 0 Å². The topological polar surface area (TPSA) is 167 Å². The summed E-state index contributed by atoms with van der Waals surface area (Å²) in [4.78, 5) is 54.6. The van der Waals surface area contributed by atoms with Crippen molar-refractivity contribution in [2.45, 2.75) is 38.7 Å². The number of non-ortho nitro benzene ring substituents is 1. The number of aliphatic imine (C=N–C) groups is 1. The van der Waals surface area contributed by atoms with Gasteiger partial charge in [-0.2, -0.15) is 0 Å². The first-order chi connectivity index (χ1) is 19.7. The number of ether oxygens (including phenoxy) is 3. The summed E-state index contributed by atoms with van der Waals surface area (Å²) >= 11 is 0. The molecular weight excluding hydrogens is 534 g/mol. The number of benzene rings is 2. The Balaban J connectivity index is 1.54. The number of carbonyl (C=O) groups excluding carboxylic acids is 3. The molecule has 0 aliphatic carbocycles. The minimum atomic E-state index is -1.08. The van der Waals surface area contributed by atoms with Gasteiger partial charge < -0.3 is 24.6 Å². The standard InChI is InChI=1S/C29H31N3O9/c1-17-24(28(35)40-14-12-30-27(34)22-10-3-4-11-23(22)33)26(19-7-5-8-20(15-19)32(37)38)25(18(2)31-17)29(36)41-16-21-9-6-13-39-21/h3-5,7-8,10-11,15,21,24,26,33H,6,9,12-14,16H2,1-2H3,(H,30,34). The molecule has 12 nitrogen and oxygen atoms in total. The SMILES string of the molecule is CC1=NC(C)=C(C(=O)OCC2CCCO2)C(c2cccc([N+](=O)[O-])c2)C1C(=O)OCCNC(=O)c1ccccc1O. The van der Waals surface area contributed by atoms with E-state index in [0.717, 1.165) is 12.8 Å². The predicted molar refractivity (Wildman–Crippen MR) is 146 cm³/mol. The van der Waals surface area contributed by atoms with E-state index in [1.807, 2.05) is 0 Å². The van der Waals surface area contributed by atoms with E-state index < -0.39 is 34.6 Å². The monoisotopic (exact) mass is 565 g/mol. The average molecular weight is 566 g/mol. The smallest absolute Gasteiger partial charge is 0.336 e. The summed E-state index contributed by atoms with van der Waals surface area (Å²) in [6.45, 7) is 3.61. The molecule has 0 bridgehead atoms. The largest absolute Gasteiger partial charge is 0.507 e. The second kappa shape index (κ2) is 13.2. The van der Waals surface area contributed by atoms with Gasteiger partial charge in [-0.15, -0.1) is 0 Å². The Morgan fingerprint density at radius 1 is 1.15 bits per heavy atom. The molecule has 2 aliphatic rings. The molecule has 2 N–H and O–H groups in total. The van der Waals surface area contributed by atoms with Gasteiger partial charge in [-0.3, -0.25) is 24.7 Å². The summed E-state index contributed by atoms with van der Waals surface area (Å²) in [6, 6.07) is 11.7. The van der Waals surface area contributed by atoms with Gasteiger partial charge in [0.15, 0.2) is 0 Å². The van der Waals surface area contributed by atoms with Crippen molar-refractivity contribution >= 4 is 29.2 Å². The number of nitro benzene ring substituents is 1. The Morgan fingerprint density at radius 3 is 2.63 bits per heavy atom. The maximum atomic E-state index is 13.4. The maximum Gasteiger partial charge on any atom is 0.336 e. The number of hydrogen-bond acceptors (Lipinski definition) is 10.